The van der Waals surface area contributed by atoms with E-state index in [1.807, 2.05) is 0 Å². The fraction of sp³-hybridized carbons (Fsp3) is 1.00. The molecule has 0 amide bonds. The Balaban J connectivity index is 1.66. The Hall–Kier alpha value is -0.0800. The number of hydrogen-bond acceptors (Lipinski definition) is 2. The molecular formula is C16H30N2. The van der Waals surface area contributed by atoms with Gasteiger partial charge in [0.15, 0.2) is 0 Å². The predicted molar refractivity (Wildman–Crippen MR) is 76.9 cm³/mol. The van der Waals surface area contributed by atoms with Crippen molar-refractivity contribution in [2.24, 2.45) is 0 Å². The Kier molecular flexibility index (Phi) is 4.25. The molecule has 2 aliphatic carbocycles. The summed E-state index contributed by atoms with van der Waals surface area (Å²) in [5.41, 5.74) is 0.492. The fourth-order valence-corrected chi connectivity index (χ4v) is 4.48. The van der Waals surface area contributed by atoms with Crippen molar-refractivity contribution in [3.63, 3.8) is 0 Å². The van der Waals surface area contributed by atoms with Gasteiger partial charge in [0, 0.05) is 18.1 Å². The maximum absolute atomic E-state index is 3.92. The molecule has 1 saturated heterocycles. The molecule has 18 heavy (non-hydrogen) atoms. The molecule has 2 saturated carbocycles. The Labute approximate surface area is 113 Å². The molecule has 3 fully saturated rings. The Morgan fingerprint density at radius 2 is 1.56 bits per heavy atom. The summed E-state index contributed by atoms with van der Waals surface area (Å²) < 4.78 is 0. The van der Waals surface area contributed by atoms with E-state index in [1.165, 1.54) is 90.3 Å². The molecular weight excluding hydrogens is 220 g/mol. The molecule has 1 spiro atoms. The lowest BCUT2D eigenvalue weighted by atomic mass is 9.80. The molecule has 0 aromatic rings. The van der Waals surface area contributed by atoms with E-state index in [9.17, 15) is 0 Å². The summed E-state index contributed by atoms with van der Waals surface area (Å²) in [5, 5.41) is 3.92. The van der Waals surface area contributed by atoms with Crippen molar-refractivity contribution in [3.05, 3.63) is 0 Å². The number of hydrogen-bond donors (Lipinski definition) is 1. The van der Waals surface area contributed by atoms with Crippen LogP contribution in [0.2, 0.25) is 0 Å². The minimum atomic E-state index is 0.492. The average molecular weight is 250 g/mol. The van der Waals surface area contributed by atoms with Gasteiger partial charge in [-0.3, -0.25) is 4.90 Å². The highest BCUT2D eigenvalue weighted by Gasteiger charge is 2.36. The second-order valence-corrected chi connectivity index (χ2v) is 6.88. The zero-order chi connectivity index (χ0) is 12.3. The lowest BCUT2D eigenvalue weighted by Gasteiger charge is -2.43. The van der Waals surface area contributed by atoms with E-state index in [0.29, 0.717) is 5.54 Å². The van der Waals surface area contributed by atoms with Crippen LogP contribution in [0.5, 0.6) is 0 Å². The molecule has 1 heterocycles. The van der Waals surface area contributed by atoms with E-state index < -0.39 is 0 Å². The lowest BCUT2D eigenvalue weighted by Crippen LogP contribution is -2.54. The third-order valence-electron chi connectivity index (χ3n) is 5.53. The van der Waals surface area contributed by atoms with Crippen LogP contribution in [0.4, 0.5) is 0 Å². The second-order valence-electron chi connectivity index (χ2n) is 6.88. The smallest absolute Gasteiger partial charge is 0.0308 e. The fourth-order valence-electron chi connectivity index (χ4n) is 4.48. The summed E-state index contributed by atoms with van der Waals surface area (Å²) in [6, 6.07) is 0.914. The van der Waals surface area contributed by atoms with E-state index in [4.69, 9.17) is 0 Å². The van der Waals surface area contributed by atoms with Gasteiger partial charge in [-0.15, -0.1) is 0 Å². The van der Waals surface area contributed by atoms with Crippen molar-refractivity contribution < 1.29 is 0 Å². The largest absolute Gasteiger partial charge is 0.310 e. The first kappa shape index (κ1) is 12.9. The third-order valence-corrected chi connectivity index (χ3v) is 5.53. The van der Waals surface area contributed by atoms with Crippen molar-refractivity contribution in [3.8, 4) is 0 Å². The van der Waals surface area contributed by atoms with Gasteiger partial charge in [-0.2, -0.15) is 0 Å². The van der Waals surface area contributed by atoms with Gasteiger partial charge in [0.2, 0.25) is 0 Å². The van der Waals surface area contributed by atoms with E-state index >= 15 is 0 Å². The van der Waals surface area contributed by atoms with Crippen molar-refractivity contribution >= 4 is 0 Å². The average Bonchev–Trinajstić information content (AvgIpc) is 2.64. The van der Waals surface area contributed by atoms with Crippen molar-refractivity contribution in [1.82, 2.24) is 10.2 Å². The van der Waals surface area contributed by atoms with Crippen LogP contribution in [0.3, 0.4) is 0 Å². The molecule has 0 radical (unpaired) electrons. The lowest BCUT2D eigenvalue weighted by molar-refractivity contribution is 0.107. The molecule has 1 aliphatic heterocycles. The molecule has 1 N–H and O–H groups in total. The normalized spacial score (nSPS) is 31.3. The van der Waals surface area contributed by atoms with Gasteiger partial charge < -0.3 is 5.32 Å². The molecule has 0 unspecified atom stereocenters. The van der Waals surface area contributed by atoms with E-state index in [0.717, 1.165) is 6.04 Å². The number of rotatable bonds is 1. The minimum absolute atomic E-state index is 0.492. The molecule has 0 aromatic carbocycles. The topological polar surface area (TPSA) is 15.3 Å². The van der Waals surface area contributed by atoms with Crippen LogP contribution in [0, 0.1) is 0 Å². The van der Waals surface area contributed by atoms with Gasteiger partial charge in [-0.05, 0) is 45.2 Å². The molecule has 0 aromatic heterocycles. The quantitative estimate of drug-likeness (QED) is 0.768. The summed E-state index contributed by atoms with van der Waals surface area (Å²) in [7, 11) is 0. The number of nitrogens with one attached hydrogen (secondary N) is 1. The summed E-state index contributed by atoms with van der Waals surface area (Å²) in [4.78, 5) is 2.87. The highest BCUT2D eigenvalue weighted by molar-refractivity contribution is 4.96. The first-order chi connectivity index (χ1) is 8.88. The van der Waals surface area contributed by atoms with Crippen LogP contribution in [-0.4, -0.2) is 36.1 Å². The minimum Gasteiger partial charge on any atom is -0.310 e. The van der Waals surface area contributed by atoms with Crippen molar-refractivity contribution in [1.29, 1.82) is 0 Å². The van der Waals surface area contributed by atoms with Gasteiger partial charge in [0.25, 0.3) is 0 Å². The van der Waals surface area contributed by atoms with Crippen LogP contribution in [0.1, 0.15) is 70.6 Å². The first-order valence-electron chi connectivity index (χ1n) is 8.37. The molecule has 2 heteroatoms. The maximum atomic E-state index is 3.92. The molecule has 3 aliphatic rings. The molecule has 0 atom stereocenters. The van der Waals surface area contributed by atoms with E-state index in [-0.39, 0.29) is 0 Å². The standard InChI is InChI=1S/C16H30N2/c1-3-8-15(9-4-1)18-13-7-12-17-16(14-18)10-5-2-6-11-16/h15,17H,1-14H2. The summed E-state index contributed by atoms with van der Waals surface area (Å²) in [6.07, 6.45) is 15.9. The van der Waals surface area contributed by atoms with E-state index in [2.05, 4.69) is 10.2 Å². The zero-order valence-electron chi connectivity index (χ0n) is 11.9. The SMILES string of the molecule is C1CCC(N2CCCNC3(CCCCC3)C2)CC1. The predicted octanol–water partition coefficient (Wildman–Crippen LogP) is 3.32. The van der Waals surface area contributed by atoms with Gasteiger partial charge in [0.05, 0.1) is 0 Å². The monoisotopic (exact) mass is 250 g/mol. The van der Waals surface area contributed by atoms with Gasteiger partial charge in [0.1, 0.15) is 0 Å². The highest BCUT2D eigenvalue weighted by Crippen LogP contribution is 2.32. The maximum Gasteiger partial charge on any atom is 0.0308 e. The molecule has 0 bridgehead atoms. The Morgan fingerprint density at radius 3 is 2.33 bits per heavy atom. The second kappa shape index (κ2) is 5.92. The first-order valence-corrected chi connectivity index (χ1v) is 8.37. The van der Waals surface area contributed by atoms with Crippen LogP contribution in [0.25, 0.3) is 0 Å². The third kappa shape index (κ3) is 2.91. The van der Waals surface area contributed by atoms with E-state index in [1.54, 1.807) is 0 Å². The molecule has 104 valence electrons. The van der Waals surface area contributed by atoms with Gasteiger partial charge >= 0.3 is 0 Å². The van der Waals surface area contributed by atoms with Gasteiger partial charge in [-0.1, -0.05) is 38.5 Å². The Bertz CT molecular complexity index is 252. The Morgan fingerprint density at radius 1 is 0.833 bits per heavy atom. The molecule has 3 rings (SSSR count). The van der Waals surface area contributed by atoms with Crippen LogP contribution < -0.4 is 5.32 Å². The van der Waals surface area contributed by atoms with Crippen molar-refractivity contribution in [2.45, 2.75) is 82.2 Å². The van der Waals surface area contributed by atoms with Crippen molar-refractivity contribution in [2.75, 3.05) is 19.6 Å². The summed E-state index contributed by atoms with van der Waals surface area (Å²) in [5.74, 6) is 0. The van der Waals surface area contributed by atoms with Crippen LogP contribution in [-0.2, 0) is 0 Å². The highest BCUT2D eigenvalue weighted by atomic mass is 15.2. The number of nitrogens with zero attached hydrogens (tertiary/aromatic N) is 1. The summed E-state index contributed by atoms with van der Waals surface area (Å²) >= 11 is 0. The van der Waals surface area contributed by atoms with Gasteiger partial charge in [-0.25, -0.2) is 0 Å². The van der Waals surface area contributed by atoms with Crippen LogP contribution in [0.15, 0.2) is 0 Å². The summed E-state index contributed by atoms with van der Waals surface area (Å²) in [6.45, 7) is 3.94. The molecule has 2 nitrogen and oxygen atoms in total. The van der Waals surface area contributed by atoms with Crippen LogP contribution >= 0.6 is 0 Å². The zero-order valence-corrected chi connectivity index (χ0v) is 11.9.